The van der Waals surface area contributed by atoms with Crippen LogP contribution in [0, 0.1) is 5.92 Å². The predicted molar refractivity (Wildman–Crippen MR) is 95.8 cm³/mol. The van der Waals surface area contributed by atoms with E-state index in [2.05, 4.69) is 22.8 Å². The number of fused-ring (bicyclic) bond motifs is 1. The number of nitrogens with zero attached hydrogens (tertiary/aromatic N) is 1. The summed E-state index contributed by atoms with van der Waals surface area (Å²) in [6, 6.07) is 8.19. The summed E-state index contributed by atoms with van der Waals surface area (Å²) < 4.78 is 0. The summed E-state index contributed by atoms with van der Waals surface area (Å²) in [7, 11) is 0. The molecule has 0 atom stereocenters. The Hall–Kier alpha value is -1.59. The normalized spacial score (nSPS) is 15.6. The van der Waals surface area contributed by atoms with E-state index in [9.17, 15) is 9.59 Å². The summed E-state index contributed by atoms with van der Waals surface area (Å²) in [5.74, 6) is 0.971. The van der Waals surface area contributed by atoms with Crippen molar-refractivity contribution in [3.05, 3.63) is 35.4 Å². The van der Waals surface area contributed by atoms with Gasteiger partial charge in [0.05, 0.1) is 6.54 Å². The Bertz CT molecular complexity index is 550. The second-order valence-electron chi connectivity index (χ2n) is 6.55. The van der Waals surface area contributed by atoms with Gasteiger partial charge in [-0.15, -0.1) is 12.4 Å². The molecule has 2 amide bonds. The fourth-order valence-corrected chi connectivity index (χ4v) is 2.91. The monoisotopic (exact) mass is 351 g/mol. The first-order valence-electron chi connectivity index (χ1n) is 8.54. The number of hydrogen-bond donors (Lipinski definition) is 2. The summed E-state index contributed by atoms with van der Waals surface area (Å²) in [4.78, 5) is 25.7. The van der Waals surface area contributed by atoms with Gasteiger partial charge in [-0.05, 0) is 42.9 Å². The number of amides is 2. The third-order valence-electron chi connectivity index (χ3n) is 4.50. The molecule has 1 aliphatic heterocycles. The van der Waals surface area contributed by atoms with E-state index < -0.39 is 0 Å². The van der Waals surface area contributed by atoms with Crippen molar-refractivity contribution in [1.29, 1.82) is 0 Å². The zero-order valence-electron chi connectivity index (χ0n) is 13.9. The highest BCUT2D eigenvalue weighted by Crippen LogP contribution is 2.27. The molecule has 2 N–H and O–H groups in total. The Labute approximate surface area is 149 Å². The molecule has 0 saturated heterocycles. The average Bonchev–Trinajstić information content (AvgIpc) is 3.26. The van der Waals surface area contributed by atoms with Crippen LogP contribution in [0.3, 0.4) is 0 Å². The van der Waals surface area contributed by atoms with Crippen LogP contribution in [0.25, 0.3) is 0 Å². The lowest BCUT2D eigenvalue weighted by Crippen LogP contribution is -2.35. The lowest BCUT2D eigenvalue weighted by atomic mass is 10.1. The van der Waals surface area contributed by atoms with Crippen molar-refractivity contribution in [1.82, 2.24) is 15.5 Å². The highest BCUT2D eigenvalue weighted by atomic mass is 35.5. The van der Waals surface area contributed by atoms with E-state index in [0.717, 1.165) is 12.5 Å². The molecule has 0 unspecified atom stereocenters. The summed E-state index contributed by atoms with van der Waals surface area (Å²) in [5, 5.41) is 6.03. The molecule has 6 heteroatoms. The molecule has 1 aromatic rings. The second-order valence-corrected chi connectivity index (χ2v) is 6.55. The first-order valence-corrected chi connectivity index (χ1v) is 8.54. The minimum Gasteiger partial charge on any atom is -0.355 e. The maximum Gasteiger partial charge on any atom is 0.233 e. The predicted octanol–water partition coefficient (Wildman–Crippen LogP) is 1.85. The molecule has 3 rings (SSSR count). The third-order valence-corrected chi connectivity index (χ3v) is 4.50. The number of carbonyl (C=O) groups is 2. The van der Waals surface area contributed by atoms with Crippen molar-refractivity contribution in [3.63, 3.8) is 0 Å². The summed E-state index contributed by atoms with van der Waals surface area (Å²) in [5.41, 5.74) is 2.49. The first kappa shape index (κ1) is 18.7. The molecule has 0 aromatic heterocycles. The highest BCUT2D eigenvalue weighted by Gasteiger charge is 2.22. The van der Waals surface area contributed by atoms with E-state index >= 15 is 0 Å². The van der Waals surface area contributed by atoms with Crippen molar-refractivity contribution in [3.8, 4) is 0 Å². The van der Waals surface area contributed by atoms with Gasteiger partial charge in [-0.25, -0.2) is 0 Å². The number of carbonyl (C=O) groups excluding carboxylic acids is 2. The molecule has 1 heterocycles. The van der Waals surface area contributed by atoms with Gasteiger partial charge in [-0.1, -0.05) is 24.3 Å². The van der Waals surface area contributed by atoms with E-state index in [0.29, 0.717) is 39.0 Å². The van der Waals surface area contributed by atoms with Gasteiger partial charge in [0.15, 0.2) is 0 Å². The van der Waals surface area contributed by atoms with E-state index in [-0.39, 0.29) is 24.2 Å². The second kappa shape index (κ2) is 9.04. The maximum atomic E-state index is 12.2. The van der Waals surface area contributed by atoms with Crippen LogP contribution in [0.4, 0.5) is 0 Å². The van der Waals surface area contributed by atoms with Crippen molar-refractivity contribution >= 4 is 24.2 Å². The van der Waals surface area contributed by atoms with Gasteiger partial charge in [-0.2, -0.15) is 0 Å². The van der Waals surface area contributed by atoms with E-state index in [4.69, 9.17) is 0 Å². The third kappa shape index (κ3) is 5.49. The average molecular weight is 352 g/mol. The molecule has 0 radical (unpaired) electrons. The quantitative estimate of drug-likeness (QED) is 0.703. The molecule has 1 aromatic carbocycles. The van der Waals surface area contributed by atoms with Crippen LogP contribution in [0.2, 0.25) is 0 Å². The van der Waals surface area contributed by atoms with Crippen LogP contribution >= 0.6 is 12.4 Å². The van der Waals surface area contributed by atoms with Gasteiger partial charge in [0.2, 0.25) is 11.8 Å². The van der Waals surface area contributed by atoms with Crippen molar-refractivity contribution < 1.29 is 9.59 Å². The molecular formula is C18H26ClN3O2. The minimum absolute atomic E-state index is 0. The molecule has 2 aliphatic rings. The largest absolute Gasteiger partial charge is 0.355 e. The Morgan fingerprint density at radius 3 is 2.42 bits per heavy atom. The maximum absolute atomic E-state index is 12.2. The number of hydrogen-bond acceptors (Lipinski definition) is 3. The van der Waals surface area contributed by atoms with Gasteiger partial charge in [-0.3, -0.25) is 9.59 Å². The zero-order chi connectivity index (χ0) is 16.1. The smallest absolute Gasteiger partial charge is 0.233 e. The molecule has 1 saturated carbocycles. The number of rotatable bonds is 8. The molecule has 24 heavy (non-hydrogen) atoms. The van der Waals surface area contributed by atoms with Crippen LogP contribution in [0.5, 0.6) is 0 Å². The lowest BCUT2D eigenvalue weighted by molar-refractivity contribution is -0.132. The van der Waals surface area contributed by atoms with E-state index in [1.165, 1.54) is 24.0 Å². The Kier molecular flexibility index (Phi) is 7.06. The van der Waals surface area contributed by atoms with Gasteiger partial charge < -0.3 is 15.5 Å². The van der Waals surface area contributed by atoms with E-state index in [1.54, 1.807) is 0 Å². The molecule has 5 nitrogen and oxygen atoms in total. The minimum atomic E-state index is 0. The van der Waals surface area contributed by atoms with E-state index in [1.807, 2.05) is 17.0 Å². The zero-order valence-corrected chi connectivity index (χ0v) is 14.7. The van der Waals surface area contributed by atoms with Crippen LogP contribution in [0.1, 0.15) is 36.8 Å². The first-order chi connectivity index (χ1) is 11.2. The number of halogens is 1. The van der Waals surface area contributed by atoms with Crippen molar-refractivity contribution in [2.45, 2.75) is 38.8 Å². The molecule has 1 fully saturated rings. The molecule has 132 valence electrons. The van der Waals surface area contributed by atoms with Crippen LogP contribution in [0.15, 0.2) is 24.3 Å². The summed E-state index contributed by atoms with van der Waals surface area (Å²) in [6.45, 7) is 3.32. The molecule has 1 aliphatic carbocycles. The van der Waals surface area contributed by atoms with Crippen LogP contribution in [-0.4, -0.2) is 36.3 Å². The van der Waals surface area contributed by atoms with Crippen LogP contribution < -0.4 is 10.6 Å². The fraction of sp³-hybridized carbons (Fsp3) is 0.556. The topological polar surface area (TPSA) is 61.4 Å². The molecular weight excluding hydrogens is 326 g/mol. The molecule has 0 spiro atoms. The highest BCUT2D eigenvalue weighted by molar-refractivity contribution is 5.85. The lowest BCUT2D eigenvalue weighted by Gasteiger charge is -2.15. The summed E-state index contributed by atoms with van der Waals surface area (Å²) >= 11 is 0. The summed E-state index contributed by atoms with van der Waals surface area (Å²) in [6.07, 6.45) is 3.76. The Morgan fingerprint density at radius 1 is 1.12 bits per heavy atom. The Morgan fingerprint density at radius 2 is 1.79 bits per heavy atom. The van der Waals surface area contributed by atoms with Gasteiger partial charge in [0, 0.05) is 26.1 Å². The fourth-order valence-electron chi connectivity index (χ4n) is 2.91. The van der Waals surface area contributed by atoms with Gasteiger partial charge in [0.1, 0.15) is 0 Å². The van der Waals surface area contributed by atoms with Crippen LogP contribution in [-0.2, 0) is 22.7 Å². The Balaban J connectivity index is 0.00000208. The van der Waals surface area contributed by atoms with Gasteiger partial charge in [0.25, 0.3) is 0 Å². The molecule has 0 bridgehead atoms. The standard InChI is InChI=1S/C18H25N3O2.ClH/c22-17(11-19-10-14-7-8-14)20-9-3-6-18(23)21-12-15-4-1-2-5-16(15)13-21;/h1-2,4-5,14,19H,3,6-13H2,(H,20,22);1H. The number of nitrogens with one attached hydrogen (secondary N) is 2. The number of benzene rings is 1. The van der Waals surface area contributed by atoms with Crippen molar-refractivity contribution in [2.24, 2.45) is 5.92 Å². The SMILES string of the molecule is Cl.O=C(CNCC1CC1)NCCCC(=O)N1Cc2ccccc2C1. The van der Waals surface area contributed by atoms with Crippen molar-refractivity contribution in [2.75, 3.05) is 19.6 Å². The van der Waals surface area contributed by atoms with Gasteiger partial charge >= 0.3 is 0 Å².